The molecule has 114 valence electrons. The molecule has 1 aromatic heterocycles. The lowest BCUT2D eigenvalue weighted by molar-refractivity contribution is 0.103. The first-order chi connectivity index (χ1) is 10.5. The number of aromatic nitrogens is 2. The molecule has 0 bridgehead atoms. The van der Waals surface area contributed by atoms with Crippen LogP contribution in [0.3, 0.4) is 0 Å². The van der Waals surface area contributed by atoms with E-state index in [0.717, 1.165) is 12.1 Å². The lowest BCUT2D eigenvalue weighted by atomic mass is 10.1. The largest absolute Gasteiger partial charge is 0.383 e. The average Bonchev–Trinajstić information content (AvgIpc) is 2.53. The fourth-order valence-corrected chi connectivity index (χ4v) is 1.94. The predicted octanol–water partition coefficient (Wildman–Crippen LogP) is 2.05. The van der Waals surface area contributed by atoms with Gasteiger partial charge in [-0.05, 0) is 24.1 Å². The lowest BCUT2D eigenvalue weighted by Gasteiger charge is -2.08. The normalized spacial score (nSPS) is 10.9. The van der Waals surface area contributed by atoms with E-state index in [1.54, 1.807) is 36.1 Å². The number of nitrogens with zero attached hydrogens (tertiary/aromatic N) is 3. The van der Waals surface area contributed by atoms with Crippen molar-refractivity contribution in [2.24, 2.45) is 0 Å². The molecule has 0 unspecified atom stereocenters. The number of benzene rings is 1. The first-order valence-corrected chi connectivity index (χ1v) is 7.09. The Hall–Kier alpha value is -2.69. The maximum absolute atomic E-state index is 12.1. The number of carbonyl (C=O) groups is 1. The summed E-state index contributed by atoms with van der Waals surface area (Å²) >= 11 is 0. The van der Waals surface area contributed by atoms with Gasteiger partial charge in [-0.25, -0.2) is 4.68 Å². The van der Waals surface area contributed by atoms with Gasteiger partial charge in [-0.2, -0.15) is 5.10 Å². The van der Waals surface area contributed by atoms with E-state index in [1.807, 2.05) is 24.3 Å². The molecular weight excluding hydrogens is 278 g/mol. The molecule has 0 N–H and O–H groups in total. The number of aryl methyl sites for hydroxylation is 1. The van der Waals surface area contributed by atoms with Gasteiger partial charge in [0, 0.05) is 38.6 Å². The topological polar surface area (TPSA) is 55.2 Å². The zero-order valence-electron chi connectivity index (χ0n) is 13.0. The molecule has 0 radical (unpaired) electrons. The average molecular weight is 297 g/mol. The highest BCUT2D eigenvalue weighted by molar-refractivity contribution is 6.02. The maximum Gasteiger partial charge on any atom is 0.211 e. The summed E-state index contributed by atoms with van der Waals surface area (Å²) in [6.45, 7) is 2.07. The second kappa shape index (κ2) is 6.85. The van der Waals surface area contributed by atoms with Crippen LogP contribution in [0.15, 0.2) is 53.6 Å². The minimum absolute atomic E-state index is 0.0810. The lowest BCUT2D eigenvalue weighted by Crippen LogP contribution is -2.20. The number of hydrogen-bond donors (Lipinski definition) is 0. The van der Waals surface area contributed by atoms with Gasteiger partial charge in [-0.3, -0.25) is 9.59 Å². The smallest absolute Gasteiger partial charge is 0.211 e. The maximum atomic E-state index is 12.1. The van der Waals surface area contributed by atoms with Crippen LogP contribution in [0.1, 0.15) is 23.0 Å². The SMILES string of the molecule is CCc1cccc(-n2ccc(=O)c(C(=O)/C=C/N(C)C)n2)c1. The highest BCUT2D eigenvalue weighted by atomic mass is 16.1. The van der Waals surface area contributed by atoms with E-state index in [0.29, 0.717) is 0 Å². The van der Waals surface area contributed by atoms with Crippen molar-refractivity contribution in [3.8, 4) is 5.69 Å². The van der Waals surface area contributed by atoms with Crippen LogP contribution in [0.2, 0.25) is 0 Å². The van der Waals surface area contributed by atoms with E-state index >= 15 is 0 Å². The quantitative estimate of drug-likeness (QED) is 0.626. The van der Waals surface area contributed by atoms with Crippen LogP contribution < -0.4 is 5.43 Å². The third kappa shape index (κ3) is 3.69. The molecular formula is C17H19N3O2. The van der Waals surface area contributed by atoms with E-state index in [-0.39, 0.29) is 11.1 Å². The molecule has 0 atom stereocenters. The van der Waals surface area contributed by atoms with Gasteiger partial charge >= 0.3 is 0 Å². The fraction of sp³-hybridized carbons (Fsp3) is 0.235. The molecule has 0 amide bonds. The minimum Gasteiger partial charge on any atom is -0.383 e. The van der Waals surface area contributed by atoms with Gasteiger partial charge in [0.25, 0.3) is 0 Å². The molecule has 0 fully saturated rings. The fourth-order valence-electron chi connectivity index (χ4n) is 1.94. The van der Waals surface area contributed by atoms with Crippen molar-refractivity contribution in [1.82, 2.24) is 14.7 Å². The van der Waals surface area contributed by atoms with Crippen LogP contribution in [-0.2, 0) is 6.42 Å². The van der Waals surface area contributed by atoms with E-state index in [9.17, 15) is 9.59 Å². The van der Waals surface area contributed by atoms with Crippen LogP contribution in [0.5, 0.6) is 0 Å². The Morgan fingerprint density at radius 2 is 2.09 bits per heavy atom. The molecule has 1 heterocycles. The van der Waals surface area contributed by atoms with Gasteiger partial charge in [-0.1, -0.05) is 19.1 Å². The third-order valence-electron chi connectivity index (χ3n) is 3.15. The Balaban J connectivity index is 2.42. The number of hydrogen-bond acceptors (Lipinski definition) is 4. The minimum atomic E-state index is -0.403. The van der Waals surface area contributed by atoms with Gasteiger partial charge < -0.3 is 4.90 Å². The van der Waals surface area contributed by atoms with Crippen LogP contribution in [-0.4, -0.2) is 34.6 Å². The van der Waals surface area contributed by atoms with Gasteiger partial charge in [0.1, 0.15) is 0 Å². The summed E-state index contributed by atoms with van der Waals surface area (Å²) in [6, 6.07) is 9.20. The van der Waals surface area contributed by atoms with Crippen molar-refractivity contribution in [2.45, 2.75) is 13.3 Å². The molecule has 22 heavy (non-hydrogen) atoms. The summed E-state index contributed by atoms with van der Waals surface area (Å²) in [5.74, 6) is -0.403. The van der Waals surface area contributed by atoms with Gasteiger partial charge in [0.05, 0.1) is 5.69 Å². The second-order valence-corrected chi connectivity index (χ2v) is 5.14. The van der Waals surface area contributed by atoms with Crippen molar-refractivity contribution in [2.75, 3.05) is 14.1 Å². The van der Waals surface area contributed by atoms with E-state index in [4.69, 9.17) is 0 Å². The summed E-state index contributed by atoms with van der Waals surface area (Å²) in [7, 11) is 3.60. The molecule has 2 rings (SSSR count). The standard InChI is InChI=1S/C17H19N3O2/c1-4-13-6-5-7-14(12-13)20-11-9-16(22)17(18-20)15(21)8-10-19(2)3/h5-12H,4H2,1-3H3/b10-8+. The Labute approximate surface area is 129 Å². The monoisotopic (exact) mass is 297 g/mol. The molecule has 0 aliphatic carbocycles. The van der Waals surface area contributed by atoms with E-state index < -0.39 is 5.78 Å². The Morgan fingerprint density at radius 1 is 1.32 bits per heavy atom. The molecule has 0 spiro atoms. The summed E-state index contributed by atoms with van der Waals surface area (Å²) in [5, 5.41) is 4.18. The first kappa shape index (κ1) is 15.7. The Bertz CT molecular complexity index is 760. The first-order valence-electron chi connectivity index (χ1n) is 7.09. The number of rotatable bonds is 5. The number of ketones is 1. The summed E-state index contributed by atoms with van der Waals surface area (Å²) in [6.07, 6.45) is 5.42. The Morgan fingerprint density at radius 3 is 2.77 bits per heavy atom. The van der Waals surface area contributed by atoms with Crippen LogP contribution in [0, 0.1) is 0 Å². The summed E-state index contributed by atoms with van der Waals surface area (Å²) in [4.78, 5) is 25.7. The van der Waals surface area contributed by atoms with Crippen molar-refractivity contribution in [3.05, 3.63) is 70.3 Å². The number of allylic oxidation sites excluding steroid dienone is 1. The zero-order valence-corrected chi connectivity index (χ0v) is 13.0. The van der Waals surface area contributed by atoms with Crippen molar-refractivity contribution in [1.29, 1.82) is 0 Å². The number of carbonyl (C=O) groups excluding carboxylic acids is 1. The van der Waals surface area contributed by atoms with Gasteiger partial charge in [0.2, 0.25) is 11.2 Å². The molecule has 1 aromatic carbocycles. The molecule has 0 aliphatic heterocycles. The molecule has 5 heteroatoms. The van der Waals surface area contributed by atoms with Crippen LogP contribution >= 0.6 is 0 Å². The molecule has 2 aromatic rings. The summed E-state index contributed by atoms with van der Waals surface area (Å²) < 4.78 is 1.55. The van der Waals surface area contributed by atoms with Crippen molar-refractivity contribution >= 4 is 5.78 Å². The third-order valence-corrected chi connectivity index (χ3v) is 3.15. The Kier molecular flexibility index (Phi) is 4.88. The molecule has 5 nitrogen and oxygen atoms in total. The molecule has 0 saturated carbocycles. The summed E-state index contributed by atoms with van der Waals surface area (Å²) in [5.41, 5.74) is 1.53. The van der Waals surface area contributed by atoms with Crippen molar-refractivity contribution in [3.63, 3.8) is 0 Å². The second-order valence-electron chi connectivity index (χ2n) is 5.14. The zero-order chi connectivity index (χ0) is 16.1. The van der Waals surface area contributed by atoms with Crippen molar-refractivity contribution < 1.29 is 4.79 Å². The van der Waals surface area contributed by atoms with E-state index in [1.165, 1.54) is 17.7 Å². The predicted molar refractivity (Wildman–Crippen MR) is 86.4 cm³/mol. The highest BCUT2D eigenvalue weighted by Crippen LogP contribution is 2.09. The van der Waals surface area contributed by atoms with E-state index in [2.05, 4.69) is 12.0 Å². The van der Waals surface area contributed by atoms with Gasteiger partial charge in [-0.15, -0.1) is 0 Å². The molecule has 0 aliphatic rings. The molecule has 0 saturated heterocycles. The van der Waals surface area contributed by atoms with Crippen LogP contribution in [0.25, 0.3) is 5.69 Å². The van der Waals surface area contributed by atoms with Crippen LogP contribution in [0.4, 0.5) is 0 Å². The van der Waals surface area contributed by atoms with Gasteiger partial charge in [0.15, 0.2) is 5.69 Å². The highest BCUT2D eigenvalue weighted by Gasteiger charge is 2.10.